The topological polar surface area (TPSA) is 29.5 Å². The number of halogens is 3. The van der Waals surface area contributed by atoms with Crippen molar-refractivity contribution in [2.75, 3.05) is 20.2 Å². The molecular weight excluding hydrogens is 312 g/mol. The van der Waals surface area contributed by atoms with Crippen LogP contribution in [0.5, 0.6) is 0 Å². The number of hydrogen-bond acceptors (Lipinski definition) is 2. The lowest BCUT2D eigenvalue weighted by atomic mass is 10.1. The van der Waals surface area contributed by atoms with Crippen LogP contribution in [-0.4, -0.2) is 37.1 Å². The minimum atomic E-state index is -0.604. The number of hydrogen-bond donors (Lipinski definition) is 0. The number of rotatable bonds is 2. The fourth-order valence-electron chi connectivity index (χ4n) is 1.61. The first-order valence-electron chi connectivity index (χ1n) is 4.99. The van der Waals surface area contributed by atoms with Crippen LogP contribution in [0.25, 0.3) is 0 Å². The van der Waals surface area contributed by atoms with E-state index in [2.05, 4.69) is 15.9 Å². The number of benzene rings is 1. The van der Waals surface area contributed by atoms with E-state index in [-0.39, 0.29) is 22.6 Å². The third-order valence-corrected chi connectivity index (χ3v) is 3.94. The molecule has 6 heteroatoms. The Hall–Kier alpha value is -0.650. The molecule has 0 bridgehead atoms. The van der Waals surface area contributed by atoms with Crippen molar-refractivity contribution in [2.24, 2.45) is 0 Å². The van der Waals surface area contributed by atoms with Crippen LogP contribution in [0.15, 0.2) is 16.6 Å². The lowest BCUT2D eigenvalue weighted by Crippen LogP contribution is -2.54. The zero-order valence-electron chi connectivity index (χ0n) is 9.04. The van der Waals surface area contributed by atoms with E-state index in [1.165, 1.54) is 6.07 Å². The van der Waals surface area contributed by atoms with Gasteiger partial charge in [-0.05, 0) is 28.1 Å². The number of methoxy groups -OCH3 is 1. The highest BCUT2D eigenvalue weighted by molar-refractivity contribution is 9.10. The van der Waals surface area contributed by atoms with Crippen LogP contribution >= 0.6 is 27.5 Å². The Morgan fingerprint density at radius 3 is 2.76 bits per heavy atom. The zero-order chi connectivity index (χ0) is 12.6. The molecule has 1 amide bonds. The molecule has 0 atom stereocenters. The van der Waals surface area contributed by atoms with Crippen molar-refractivity contribution in [3.8, 4) is 0 Å². The van der Waals surface area contributed by atoms with Crippen molar-refractivity contribution >= 4 is 33.4 Å². The largest absolute Gasteiger partial charge is 0.378 e. The predicted molar refractivity (Wildman–Crippen MR) is 65.8 cm³/mol. The first-order chi connectivity index (χ1) is 8.02. The molecule has 1 aromatic carbocycles. The number of carbonyl (C=O) groups is 1. The van der Waals surface area contributed by atoms with Gasteiger partial charge in [-0.1, -0.05) is 11.6 Å². The summed E-state index contributed by atoms with van der Waals surface area (Å²) in [4.78, 5) is 13.5. The third kappa shape index (κ3) is 2.46. The maximum Gasteiger partial charge on any atom is 0.254 e. The smallest absolute Gasteiger partial charge is 0.254 e. The number of likely N-dealkylation sites (tertiary alicyclic amines) is 1. The average molecular weight is 323 g/mol. The summed E-state index contributed by atoms with van der Waals surface area (Å²) in [6, 6.07) is 2.67. The normalized spacial score (nSPS) is 15.9. The van der Waals surface area contributed by atoms with Gasteiger partial charge in [0.1, 0.15) is 5.82 Å². The number of amides is 1. The molecule has 1 saturated heterocycles. The van der Waals surface area contributed by atoms with Crippen LogP contribution in [0.4, 0.5) is 4.39 Å². The summed E-state index contributed by atoms with van der Waals surface area (Å²) in [6.45, 7) is 1.08. The van der Waals surface area contributed by atoms with Gasteiger partial charge < -0.3 is 9.64 Å². The fourth-order valence-corrected chi connectivity index (χ4v) is 2.16. The van der Waals surface area contributed by atoms with Gasteiger partial charge >= 0.3 is 0 Å². The Bertz CT molecular complexity index is 440. The highest BCUT2D eigenvalue weighted by Crippen LogP contribution is 2.28. The molecule has 0 unspecified atom stereocenters. The molecule has 1 fully saturated rings. The molecule has 17 heavy (non-hydrogen) atoms. The van der Waals surface area contributed by atoms with E-state index in [4.69, 9.17) is 16.3 Å². The van der Waals surface area contributed by atoms with Gasteiger partial charge in [0.25, 0.3) is 5.91 Å². The van der Waals surface area contributed by atoms with Crippen molar-refractivity contribution in [3.63, 3.8) is 0 Å². The Balaban J connectivity index is 2.16. The van der Waals surface area contributed by atoms with Crippen LogP contribution in [0.1, 0.15) is 10.4 Å². The highest BCUT2D eigenvalue weighted by Gasteiger charge is 2.31. The predicted octanol–water partition coefficient (Wildman–Crippen LogP) is 2.71. The Kier molecular flexibility index (Phi) is 3.70. The van der Waals surface area contributed by atoms with Crippen LogP contribution in [-0.2, 0) is 4.74 Å². The zero-order valence-corrected chi connectivity index (χ0v) is 11.4. The maximum absolute atomic E-state index is 13.4. The summed E-state index contributed by atoms with van der Waals surface area (Å²) in [7, 11) is 1.60. The molecule has 92 valence electrons. The van der Waals surface area contributed by atoms with Crippen molar-refractivity contribution in [1.82, 2.24) is 4.90 Å². The first-order valence-corrected chi connectivity index (χ1v) is 6.16. The number of ether oxygens (including phenoxy) is 1. The summed E-state index contributed by atoms with van der Waals surface area (Å²) in [5, 5.41) is -0.0140. The molecule has 0 N–H and O–H groups in total. The van der Waals surface area contributed by atoms with Crippen LogP contribution in [0.2, 0.25) is 5.02 Å². The van der Waals surface area contributed by atoms with Gasteiger partial charge in [0.05, 0.1) is 11.1 Å². The molecule has 0 aromatic heterocycles. The molecule has 0 saturated carbocycles. The Labute approximate surface area is 112 Å². The molecule has 1 aliphatic rings. The van der Waals surface area contributed by atoms with Crippen LogP contribution in [0, 0.1) is 5.82 Å². The molecule has 1 aliphatic heterocycles. The van der Waals surface area contributed by atoms with Gasteiger partial charge in [-0.25, -0.2) is 4.39 Å². The second kappa shape index (κ2) is 4.92. The van der Waals surface area contributed by atoms with Crippen LogP contribution < -0.4 is 0 Å². The lowest BCUT2D eigenvalue weighted by molar-refractivity contribution is -0.0192. The van der Waals surface area contributed by atoms with Gasteiger partial charge in [0, 0.05) is 30.2 Å². The molecule has 0 radical (unpaired) electrons. The van der Waals surface area contributed by atoms with Gasteiger partial charge in [-0.2, -0.15) is 0 Å². The minimum Gasteiger partial charge on any atom is -0.378 e. The average Bonchev–Trinajstić information content (AvgIpc) is 2.23. The van der Waals surface area contributed by atoms with Gasteiger partial charge in [-0.3, -0.25) is 4.79 Å². The summed E-state index contributed by atoms with van der Waals surface area (Å²) in [5.74, 6) is -0.817. The first kappa shape index (κ1) is 12.8. The molecule has 2 rings (SSSR count). The van der Waals surface area contributed by atoms with Crippen molar-refractivity contribution in [3.05, 3.63) is 33.0 Å². The van der Waals surface area contributed by atoms with E-state index < -0.39 is 5.82 Å². The van der Waals surface area contributed by atoms with Crippen molar-refractivity contribution < 1.29 is 13.9 Å². The van der Waals surface area contributed by atoms with E-state index in [1.54, 1.807) is 12.0 Å². The second-order valence-electron chi connectivity index (χ2n) is 3.82. The van der Waals surface area contributed by atoms with Crippen LogP contribution in [0.3, 0.4) is 0 Å². The summed E-state index contributed by atoms with van der Waals surface area (Å²) >= 11 is 8.77. The second-order valence-corrected chi connectivity index (χ2v) is 5.05. The number of carbonyl (C=O) groups excluding carboxylic acids is 1. The van der Waals surface area contributed by atoms with Gasteiger partial charge in [0.2, 0.25) is 0 Å². The van der Waals surface area contributed by atoms with E-state index in [9.17, 15) is 9.18 Å². The maximum atomic E-state index is 13.4. The van der Waals surface area contributed by atoms with E-state index in [0.29, 0.717) is 17.6 Å². The lowest BCUT2D eigenvalue weighted by Gasteiger charge is -2.38. The molecular formula is C11H10BrClFNO2. The third-order valence-electron chi connectivity index (χ3n) is 2.70. The fraction of sp³-hybridized carbons (Fsp3) is 0.364. The van der Waals surface area contributed by atoms with E-state index in [1.807, 2.05) is 0 Å². The van der Waals surface area contributed by atoms with E-state index >= 15 is 0 Å². The minimum absolute atomic E-state index is 0.0140. The SMILES string of the molecule is COC1CN(C(=O)c2cc(F)c(Cl)c(Br)c2)C1. The standard InChI is InChI=1S/C11H10BrClFNO2/c1-17-7-4-15(5-7)11(16)6-2-8(12)10(13)9(14)3-6/h2-3,7H,4-5H2,1H3. The molecule has 1 heterocycles. The van der Waals surface area contributed by atoms with Gasteiger partial charge in [-0.15, -0.1) is 0 Å². The van der Waals surface area contributed by atoms with Crippen molar-refractivity contribution in [1.29, 1.82) is 0 Å². The summed E-state index contributed by atoms with van der Waals surface area (Å²) in [5.41, 5.74) is 0.285. The van der Waals surface area contributed by atoms with E-state index in [0.717, 1.165) is 6.07 Å². The number of nitrogens with zero attached hydrogens (tertiary/aromatic N) is 1. The molecule has 0 spiro atoms. The quantitative estimate of drug-likeness (QED) is 0.784. The van der Waals surface area contributed by atoms with Gasteiger partial charge in [0.15, 0.2) is 0 Å². The summed E-state index contributed by atoms with van der Waals surface area (Å²) in [6.07, 6.45) is 0.0829. The summed E-state index contributed by atoms with van der Waals surface area (Å²) < 4.78 is 18.8. The highest BCUT2D eigenvalue weighted by atomic mass is 79.9. The Morgan fingerprint density at radius 1 is 1.59 bits per heavy atom. The Morgan fingerprint density at radius 2 is 2.24 bits per heavy atom. The molecule has 0 aliphatic carbocycles. The van der Waals surface area contributed by atoms with Crippen molar-refractivity contribution in [2.45, 2.75) is 6.10 Å². The molecule has 1 aromatic rings. The molecule has 3 nitrogen and oxygen atoms in total. The monoisotopic (exact) mass is 321 g/mol.